The standard InChI is InChI=1S/C24H20F2N6O5/c25-24(26)18(37-22(34)15-9-5-2-6-10-15)16(11-12-35-21(33)14-7-3-1-4-8-14)36-23(24)32-20-17(30-31-32)19(27)28-13-29-20/h1-10,13,16,18,23H,11-12H2,(H2,27,28,29)/t16-,18-,23-/m1/s1. The van der Waals surface area contributed by atoms with Crippen molar-refractivity contribution in [2.24, 2.45) is 0 Å². The number of halogens is 2. The zero-order valence-corrected chi connectivity index (χ0v) is 19.1. The summed E-state index contributed by atoms with van der Waals surface area (Å²) >= 11 is 0. The van der Waals surface area contributed by atoms with Gasteiger partial charge in [0, 0.05) is 6.42 Å². The molecule has 1 saturated heterocycles. The number of nitrogens with zero attached hydrogens (tertiary/aromatic N) is 5. The van der Waals surface area contributed by atoms with E-state index < -0.39 is 36.3 Å². The number of aromatic nitrogens is 5. The molecule has 190 valence electrons. The molecule has 37 heavy (non-hydrogen) atoms. The summed E-state index contributed by atoms with van der Waals surface area (Å²) in [6.45, 7) is -0.270. The van der Waals surface area contributed by atoms with Gasteiger partial charge in [0.1, 0.15) is 12.4 Å². The van der Waals surface area contributed by atoms with Crippen molar-refractivity contribution in [2.45, 2.75) is 30.8 Å². The van der Waals surface area contributed by atoms with E-state index in [0.29, 0.717) is 5.56 Å². The maximum Gasteiger partial charge on any atom is 0.338 e. The Morgan fingerprint density at radius 2 is 1.65 bits per heavy atom. The van der Waals surface area contributed by atoms with Crippen LogP contribution in [0.25, 0.3) is 11.2 Å². The highest BCUT2D eigenvalue weighted by Gasteiger charge is 2.63. The Morgan fingerprint density at radius 3 is 2.32 bits per heavy atom. The normalized spacial score (nSPS) is 20.5. The third-order valence-electron chi connectivity index (χ3n) is 5.75. The SMILES string of the molecule is Nc1ncnc2c1nnn2[C@@H]1O[C@H](CCOC(=O)c2ccccc2)[C@@H](OC(=O)c2ccccc2)C1(F)F. The maximum atomic E-state index is 15.8. The van der Waals surface area contributed by atoms with Crippen LogP contribution >= 0.6 is 0 Å². The van der Waals surface area contributed by atoms with Crippen LogP contribution < -0.4 is 5.73 Å². The predicted octanol–water partition coefficient (Wildman–Crippen LogP) is 2.81. The molecule has 0 amide bonds. The Balaban J connectivity index is 1.40. The number of esters is 2. The highest BCUT2D eigenvalue weighted by Crippen LogP contribution is 2.46. The molecular formula is C24H20F2N6O5. The van der Waals surface area contributed by atoms with E-state index >= 15 is 8.78 Å². The number of alkyl halides is 2. The zero-order valence-electron chi connectivity index (χ0n) is 19.1. The van der Waals surface area contributed by atoms with Crippen LogP contribution in [0.15, 0.2) is 67.0 Å². The van der Waals surface area contributed by atoms with Gasteiger partial charge in [-0.25, -0.2) is 19.6 Å². The molecule has 2 N–H and O–H groups in total. The van der Waals surface area contributed by atoms with Crippen LogP contribution in [0.5, 0.6) is 0 Å². The van der Waals surface area contributed by atoms with Gasteiger partial charge in [-0.05, 0) is 24.3 Å². The van der Waals surface area contributed by atoms with Crippen LogP contribution in [0.1, 0.15) is 33.4 Å². The third-order valence-corrected chi connectivity index (χ3v) is 5.75. The van der Waals surface area contributed by atoms with Crippen LogP contribution in [-0.4, -0.2) is 61.6 Å². The van der Waals surface area contributed by atoms with Gasteiger partial charge in [0.05, 0.1) is 17.7 Å². The summed E-state index contributed by atoms with van der Waals surface area (Å²) in [5.41, 5.74) is 6.07. The van der Waals surface area contributed by atoms with E-state index in [0.717, 1.165) is 11.0 Å². The number of carbonyl (C=O) groups is 2. The van der Waals surface area contributed by atoms with Crippen molar-refractivity contribution < 1.29 is 32.6 Å². The second-order valence-electron chi connectivity index (χ2n) is 8.15. The van der Waals surface area contributed by atoms with Gasteiger partial charge >= 0.3 is 17.9 Å². The minimum absolute atomic E-state index is 0.0139. The molecular weight excluding hydrogens is 490 g/mol. The van der Waals surface area contributed by atoms with Crippen molar-refractivity contribution in [2.75, 3.05) is 12.3 Å². The maximum absolute atomic E-state index is 15.8. The summed E-state index contributed by atoms with van der Waals surface area (Å²) in [6, 6.07) is 15.9. The number of nitrogens with two attached hydrogens (primary N) is 1. The van der Waals surface area contributed by atoms with Gasteiger partial charge in [0.2, 0.25) is 6.23 Å². The molecule has 4 aromatic rings. The monoisotopic (exact) mass is 510 g/mol. The molecule has 3 heterocycles. The van der Waals surface area contributed by atoms with Gasteiger partial charge in [0.15, 0.2) is 23.1 Å². The van der Waals surface area contributed by atoms with Crippen LogP contribution in [0.3, 0.4) is 0 Å². The molecule has 2 aromatic heterocycles. The number of nitrogen functional groups attached to an aromatic ring is 1. The van der Waals surface area contributed by atoms with Crippen LogP contribution in [0.2, 0.25) is 0 Å². The van der Waals surface area contributed by atoms with E-state index in [-0.39, 0.29) is 35.6 Å². The summed E-state index contributed by atoms with van der Waals surface area (Å²) in [5, 5.41) is 7.52. The first-order chi connectivity index (χ1) is 17.9. The summed E-state index contributed by atoms with van der Waals surface area (Å²) < 4.78 is 48.4. The lowest BCUT2D eigenvalue weighted by molar-refractivity contribution is -0.144. The van der Waals surface area contributed by atoms with E-state index in [1.165, 1.54) is 12.1 Å². The lowest BCUT2D eigenvalue weighted by Gasteiger charge is -2.23. The molecule has 0 saturated carbocycles. The number of fused-ring (bicyclic) bond motifs is 1. The van der Waals surface area contributed by atoms with Crippen LogP contribution in [0.4, 0.5) is 14.6 Å². The van der Waals surface area contributed by atoms with Gasteiger partial charge < -0.3 is 19.9 Å². The first-order valence-electron chi connectivity index (χ1n) is 11.2. The Labute approximate surface area is 208 Å². The Kier molecular flexibility index (Phi) is 6.44. The second kappa shape index (κ2) is 9.85. The average molecular weight is 510 g/mol. The fourth-order valence-electron chi connectivity index (χ4n) is 3.93. The zero-order chi connectivity index (χ0) is 26.0. The average Bonchev–Trinajstić information content (AvgIpc) is 3.44. The number of carbonyl (C=O) groups excluding carboxylic acids is 2. The summed E-state index contributed by atoms with van der Waals surface area (Å²) in [5.74, 6) is -5.40. The second-order valence-corrected chi connectivity index (χ2v) is 8.15. The van der Waals surface area contributed by atoms with E-state index in [4.69, 9.17) is 19.9 Å². The first-order valence-corrected chi connectivity index (χ1v) is 11.2. The minimum atomic E-state index is -3.76. The van der Waals surface area contributed by atoms with Gasteiger partial charge in [0.25, 0.3) is 0 Å². The van der Waals surface area contributed by atoms with Crippen molar-refractivity contribution in [3.63, 3.8) is 0 Å². The highest BCUT2D eigenvalue weighted by atomic mass is 19.3. The van der Waals surface area contributed by atoms with Crippen molar-refractivity contribution in [3.05, 3.63) is 78.1 Å². The molecule has 0 bridgehead atoms. The molecule has 0 aliphatic carbocycles. The van der Waals surface area contributed by atoms with E-state index in [2.05, 4.69) is 20.3 Å². The van der Waals surface area contributed by atoms with E-state index in [1.807, 2.05) is 0 Å². The van der Waals surface area contributed by atoms with Gasteiger partial charge in [-0.1, -0.05) is 41.6 Å². The third kappa shape index (κ3) is 4.68. The summed E-state index contributed by atoms with van der Waals surface area (Å²) in [4.78, 5) is 32.7. The summed E-state index contributed by atoms with van der Waals surface area (Å²) in [6.07, 6.45) is -4.52. The molecule has 2 aromatic carbocycles. The Morgan fingerprint density at radius 1 is 1.00 bits per heavy atom. The van der Waals surface area contributed by atoms with Crippen LogP contribution in [0, 0.1) is 0 Å². The first kappa shape index (κ1) is 24.2. The Bertz CT molecular complexity index is 1420. The molecule has 3 atom stereocenters. The molecule has 11 nitrogen and oxygen atoms in total. The smallest absolute Gasteiger partial charge is 0.338 e. The number of hydrogen-bond acceptors (Lipinski definition) is 10. The van der Waals surface area contributed by atoms with E-state index in [9.17, 15) is 9.59 Å². The van der Waals surface area contributed by atoms with E-state index in [1.54, 1.807) is 48.5 Å². The molecule has 0 unspecified atom stereocenters. The van der Waals surface area contributed by atoms with Crippen LogP contribution in [-0.2, 0) is 14.2 Å². The molecule has 1 fully saturated rings. The molecule has 13 heteroatoms. The van der Waals surface area contributed by atoms with Gasteiger partial charge in [-0.15, -0.1) is 5.10 Å². The fourth-order valence-corrected chi connectivity index (χ4v) is 3.93. The lowest BCUT2D eigenvalue weighted by Crippen LogP contribution is -2.42. The Hall–Kier alpha value is -4.52. The molecule has 1 aliphatic heterocycles. The van der Waals surface area contributed by atoms with Crippen molar-refractivity contribution in [1.29, 1.82) is 0 Å². The van der Waals surface area contributed by atoms with Gasteiger partial charge in [-0.3, -0.25) is 0 Å². The molecule has 0 radical (unpaired) electrons. The topological polar surface area (TPSA) is 144 Å². The number of rotatable bonds is 7. The van der Waals surface area contributed by atoms with Crippen molar-refractivity contribution in [1.82, 2.24) is 25.0 Å². The predicted molar refractivity (Wildman–Crippen MR) is 123 cm³/mol. The molecule has 5 rings (SSSR count). The fraction of sp³-hybridized carbons (Fsp3) is 0.250. The van der Waals surface area contributed by atoms with Crippen molar-refractivity contribution >= 4 is 28.9 Å². The number of hydrogen-bond donors (Lipinski definition) is 1. The minimum Gasteiger partial charge on any atom is -0.462 e. The molecule has 0 spiro atoms. The highest BCUT2D eigenvalue weighted by molar-refractivity contribution is 5.90. The van der Waals surface area contributed by atoms with Gasteiger partial charge in [-0.2, -0.15) is 13.5 Å². The largest absolute Gasteiger partial charge is 0.462 e. The quantitative estimate of drug-likeness (QED) is 0.369. The number of benzene rings is 2. The molecule has 1 aliphatic rings. The number of anilines is 1. The van der Waals surface area contributed by atoms with Crippen molar-refractivity contribution in [3.8, 4) is 0 Å². The lowest BCUT2D eigenvalue weighted by atomic mass is 10.1. The summed E-state index contributed by atoms with van der Waals surface area (Å²) in [7, 11) is 0. The number of ether oxygens (including phenoxy) is 3.